The molecule has 9 heteroatoms. The summed E-state index contributed by atoms with van der Waals surface area (Å²) in [5, 5.41) is 12.2. The Morgan fingerprint density at radius 1 is 1.28 bits per heavy atom. The molecule has 2 aromatic carbocycles. The van der Waals surface area contributed by atoms with Crippen molar-refractivity contribution in [3.05, 3.63) is 59.4 Å². The number of fused-ring (bicyclic) bond motifs is 1. The van der Waals surface area contributed by atoms with Crippen LogP contribution in [0.5, 0.6) is 17.2 Å². The topological polar surface area (TPSA) is 87.5 Å². The van der Waals surface area contributed by atoms with Crippen LogP contribution in [-0.2, 0) is 17.9 Å². The Balaban J connectivity index is 1.34. The normalized spacial score (nSPS) is 14.5. The van der Waals surface area contributed by atoms with Crippen molar-refractivity contribution in [2.24, 2.45) is 0 Å². The quantitative estimate of drug-likeness (QED) is 0.495. The number of amides is 1. The summed E-state index contributed by atoms with van der Waals surface area (Å²) in [6.07, 6.45) is 0. The highest BCUT2D eigenvalue weighted by Crippen LogP contribution is 2.35. The summed E-state index contributed by atoms with van der Waals surface area (Å²) < 4.78 is 18.8. The first-order valence-corrected chi connectivity index (χ1v) is 11.4. The first-order chi connectivity index (χ1) is 15.6. The molecule has 2 heterocycles. The second-order valence-electron chi connectivity index (χ2n) is 7.32. The molecule has 1 N–H and O–H groups in total. The maximum Gasteiger partial charge on any atom is 0.231 e. The van der Waals surface area contributed by atoms with E-state index in [1.54, 1.807) is 7.11 Å². The number of methoxy groups -OCH3 is 1. The molecule has 0 saturated carbocycles. The predicted octanol–water partition coefficient (Wildman–Crippen LogP) is 3.54. The molecule has 0 aliphatic carbocycles. The molecule has 1 atom stereocenters. The highest BCUT2D eigenvalue weighted by Gasteiger charge is 2.26. The largest absolute Gasteiger partial charge is 0.497 e. The number of rotatable bonds is 9. The lowest BCUT2D eigenvalue weighted by Gasteiger charge is -2.13. The summed E-state index contributed by atoms with van der Waals surface area (Å²) in [7, 11) is 1.62. The molecule has 1 amide bonds. The van der Waals surface area contributed by atoms with Gasteiger partial charge in [0.05, 0.1) is 18.9 Å². The number of thioether (sulfide) groups is 1. The van der Waals surface area contributed by atoms with Crippen LogP contribution in [0.15, 0.2) is 47.6 Å². The number of ether oxygens (including phenoxy) is 3. The van der Waals surface area contributed by atoms with Crippen LogP contribution < -0.4 is 19.5 Å². The van der Waals surface area contributed by atoms with E-state index in [1.807, 2.05) is 60.9 Å². The van der Waals surface area contributed by atoms with Crippen LogP contribution in [0.4, 0.5) is 0 Å². The van der Waals surface area contributed by atoms with Gasteiger partial charge in [-0.25, -0.2) is 0 Å². The summed E-state index contributed by atoms with van der Waals surface area (Å²) in [6, 6.07) is 13.3. The van der Waals surface area contributed by atoms with Gasteiger partial charge in [0.15, 0.2) is 11.0 Å². The van der Waals surface area contributed by atoms with Gasteiger partial charge in [-0.2, -0.15) is 0 Å². The minimum Gasteiger partial charge on any atom is -0.497 e. The van der Waals surface area contributed by atoms with Gasteiger partial charge in [-0.3, -0.25) is 4.79 Å². The zero-order valence-electron chi connectivity index (χ0n) is 18.3. The molecule has 1 aromatic heterocycles. The van der Waals surface area contributed by atoms with E-state index in [1.165, 1.54) is 11.8 Å². The molecule has 3 aromatic rings. The molecule has 0 fully saturated rings. The molecule has 168 valence electrons. The fourth-order valence-corrected chi connectivity index (χ4v) is 4.35. The van der Waals surface area contributed by atoms with Crippen LogP contribution in [0.25, 0.3) is 0 Å². The van der Waals surface area contributed by atoms with Gasteiger partial charge in [0.1, 0.15) is 30.5 Å². The van der Waals surface area contributed by atoms with Crippen LogP contribution in [-0.4, -0.2) is 40.1 Å². The second kappa shape index (κ2) is 9.95. The highest BCUT2D eigenvalue weighted by molar-refractivity contribution is 7.99. The van der Waals surface area contributed by atoms with E-state index in [2.05, 4.69) is 15.5 Å². The van der Waals surface area contributed by atoms with E-state index in [4.69, 9.17) is 14.2 Å². The van der Waals surface area contributed by atoms with Crippen LogP contribution in [0.2, 0.25) is 0 Å². The van der Waals surface area contributed by atoms with Crippen LogP contribution in [0.3, 0.4) is 0 Å². The van der Waals surface area contributed by atoms with Gasteiger partial charge in [0.2, 0.25) is 5.91 Å². The van der Waals surface area contributed by atoms with Crippen molar-refractivity contribution >= 4 is 17.7 Å². The summed E-state index contributed by atoms with van der Waals surface area (Å²) in [4.78, 5) is 12.6. The number of nitrogens with zero attached hydrogens (tertiary/aromatic N) is 3. The van der Waals surface area contributed by atoms with E-state index < -0.39 is 0 Å². The number of hydrogen-bond acceptors (Lipinski definition) is 7. The molecule has 8 nitrogen and oxygen atoms in total. The lowest BCUT2D eigenvalue weighted by atomic mass is 10.1. The van der Waals surface area contributed by atoms with Crippen molar-refractivity contribution in [3.63, 3.8) is 0 Å². The molecule has 0 spiro atoms. The van der Waals surface area contributed by atoms with E-state index in [0.29, 0.717) is 24.9 Å². The smallest absolute Gasteiger partial charge is 0.231 e. The number of para-hydroxylation sites is 1. The second-order valence-corrected chi connectivity index (χ2v) is 8.26. The monoisotopic (exact) mass is 454 g/mol. The number of nitrogens with one attached hydrogen (secondary N) is 1. The van der Waals surface area contributed by atoms with Crippen molar-refractivity contribution in [1.82, 2.24) is 20.1 Å². The summed E-state index contributed by atoms with van der Waals surface area (Å²) in [5.74, 6) is 3.19. The molecular formula is C23H26N4O4S. The number of carbonyl (C=O) groups excluding carboxylic acids is 1. The lowest BCUT2D eigenvalue weighted by molar-refractivity contribution is -0.119. The van der Waals surface area contributed by atoms with Gasteiger partial charge in [0, 0.05) is 12.1 Å². The molecule has 1 unspecified atom stereocenters. The molecule has 0 radical (unpaired) electrons. The lowest BCUT2D eigenvalue weighted by Crippen LogP contribution is -2.30. The van der Waals surface area contributed by atoms with Crippen LogP contribution in [0, 0.1) is 6.92 Å². The van der Waals surface area contributed by atoms with Crippen molar-refractivity contribution in [2.45, 2.75) is 38.2 Å². The molecule has 0 saturated heterocycles. The van der Waals surface area contributed by atoms with E-state index in [0.717, 1.165) is 34.2 Å². The SMILES string of the molecule is CCn1c(COc2ccccc2C)nnc1SCC(=O)NC1COc2ccc(OC)cc21. The fraction of sp³-hybridized carbons (Fsp3) is 0.348. The molecule has 32 heavy (non-hydrogen) atoms. The summed E-state index contributed by atoms with van der Waals surface area (Å²) >= 11 is 1.35. The van der Waals surface area contributed by atoms with Crippen molar-refractivity contribution < 1.29 is 19.0 Å². The van der Waals surface area contributed by atoms with Crippen LogP contribution >= 0.6 is 11.8 Å². The number of benzene rings is 2. The Bertz CT molecular complexity index is 1100. The van der Waals surface area contributed by atoms with Gasteiger partial charge in [-0.1, -0.05) is 30.0 Å². The minimum absolute atomic E-state index is 0.0948. The third-order valence-corrected chi connectivity index (χ3v) is 6.19. The molecule has 1 aliphatic rings. The van der Waals surface area contributed by atoms with Crippen molar-refractivity contribution in [1.29, 1.82) is 0 Å². The third-order valence-electron chi connectivity index (χ3n) is 5.23. The number of aryl methyl sites for hydroxylation is 1. The third kappa shape index (κ3) is 4.83. The Kier molecular flexibility index (Phi) is 6.84. The van der Waals surface area contributed by atoms with E-state index in [9.17, 15) is 4.79 Å². The standard InChI is InChI=1S/C23H26N4O4S/c1-4-27-21(13-31-19-8-6-5-7-15(19)2)25-26-23(27)32-14-22(28)24-18-12-30-20-10-9-16(29-3)11-17(18)20/h5-11,18H,4,12-14H2,1-3H3,(H,24,28). The maximum absolute atomic E-state index is 12.6. The zero-order valence-corrected chi connectivity index (χ0v) is 19.1. The van der Waals surface area contributed by atoms with Gasteiger partial charge in [-0.05, 0) is 43.7 Å². The predicted molar refractivity (Wildman–Crippen MR) is 121 cm³/mol. The van der Waals surface area contributed by atoms with Gasteiger partial charge in [-0.15, -0.1) is 10.2 Å². The van der Waals surface area contributed by atoms with E-state index >= 15 is 0 Å². The fourth-order valence-electron chi connectivity index (χ4n) is 3.52. The van der Waals surface area contributed by atoms with Gasteiger partial charge < -0.3 is 24.1 Å². The first-order valence-electron chi connectivity index (χ1n) is 10.4. The molecule has 0 bridgehead atoms. The number of aromatic nitrogens is 3. The van der Waals surface area contributed by atoms with Gasteiger partial charge in [0.25, 0.3) is 0 Å². The Labute approximate surface area is 191 Å². The highest BCUT2D eigenvalue weighted by atomic mass is 32.2. The minimum atomic E-state index is -0.199. The van der Waals surface area contributed by atoms with Crippen LogP contribution in [0.1, 0.15) is 29.9 Å². The Morgan fingerprint density at radius 2 is 2.12 bits per heavy atom. The Hall–Kier alpha value is -3.20. The molecular weight excluding hydrogens is 428 g/mol. The average molecular weight is 455 g/mol. The Morgan fingerprint density at radius 3 is 2.91 bits per heavy atom. The summed E-state index contributed by atoms with van der Waals surface area (Å²) in [5.41, 5.74) is 1.99. The van der Waals surface area contributed by atoms with Crippen molar-refractivity contribution in [3.8, 4) is 17.2 Å². The molecule has 4 rings (SSSR count). The first kappa shape index (κ1) is 22.0. The average Bonchev–Trinajstić information content (AvgIpc) is 3.40. The number of carbonyl (C=O) groups is 1. The zero-order chi connectivity index (χ0) is 22.5. The van der Waals surface area contributed by atoms with E-state index in [-0.39, 0.29) is 17.7 Å². The molecule has 1 aliphatic heterocycles. The van der Waals surface area contributed by atoms with Crippen molar-refractivity contribution in [2.75, 3.05) is 19.5 Å². The van der Waals surface area contributed by atoms with Gasteiger partial charge >= 0.3 is 0 Å². The number of hydrogen-bond donors (Lipinski definition) is 1. The maximum atomic E-state index is 12.6. The summed E-state index contributed by atoms with van der Waals surface area (Å²) in [6.45, 7) is 5.43.